The Morgan fingerprint density at radius 2 is 1.70 bits per heavy atom. The first-order chi connectivity index (χ1) is 14.5. The highest BCUT2D eigenvalue weighted by molar-refractivity contribution is 7.98. The molecule has 8 nitrogen and oxygen atoms in total. The molecule has 0 aliphatic heterocycles. The van der Waals surface area contributed by atoms with Gasteiger partial charge in [0.2, 0.25) is 0 Å². The monoisotopic (exact) mass is 422 g/mol. The van der Waals surface area contributed by atoms with Gasteiger partial charge in [-0.3, -0.25) is 25.5 Å². The fourth-order valence-corrected chi connectivity index (χ4v) is 3.87. The van der Waals surface area contributed by atoms with Crippen LogP contribution < -0.4 is 10.9 Å². The normalized spacial score (nSPS) is 13.1. The van der Waals surface area contributed by atoms with E-state index >= 15 is 0 Å². The Bertz CT molecular complexity index is 1060. The lowest BCUT2D eigenvalue weighted by Crippen LogP contribution is -2.41. The second-order valence-electron chi connectivity index (χ2n) is 7.31. The Morgan fingerprint density at radius 1 is 1.03 bits per heavy atom. The van der Waals surface area contributed by atoms with E-state index in [1.807, 2.05) is 32.0 Å². The maximum Gasteiger partial charge on any atom is 0.290 e. The number of hydrogen-bond acceptors (Lipinski definition) is 6. The van der Waals surface area contributed by atoms with E-state index in [9.17, 15) is 9.59 Å². The SMILES string of the molecule is Cc1cc(C)nc(SCc2ccc(C(=O)NNC(=O)c3cc(C4CC4)[nH]n3)cc2)n1. The van der Waals surface area contributed by atoms with E-state index < -0.39 is 11.8 Å². The number of hydrogen-bond donors (Lipinski definition) is 3. The lowest BCUT2D eigenvalue weighted by molar-refractivity contribution is 0.0844. The third kappa shape index (κ3) is 5.04. The number of aryl methyl sites for hydroxylation is 2. The van der Waals surface area contributed by atoms with Gasteiger partial charge in [-0.15, -0.1) is 0 Å². The number of thioether (sulfide) groups is 1. The molecule has 3 N–H and O–H groups in total. The summed E-state index contributed by atoms with van der Waals surface area (Å²) >= 11 is 1.55. The summed E-state index contributed by atoms with van der Waals surface area (Å²) in [6.45, 7) is 3.89. The third-order valence-electron chi connectivity index (χ3n) is 4.68. The van der Waals surface area contributed by atoms with Gasteiger partial charge in [0.05, 0.1) is 0 Å². The summed E-state index contributed by atoms with van der Waals surface area (Å²) in [7, 11) is 0. The standard InChI is InChI=1S/C21H22N6O2S/c1-12-9-13(2)23-21(22-12)30-11-14-3-5-16(6-4-14)19(28)26-27-20(29)18-10-17(24-25-18)15-7-8-15/h3-6,9-10,15H,7-8,11H2,1-2H3,(H,24,25)(H,26,28)(H,27,29). The Labute approximate surface area is 178 Å². The zero-order valence-electron chi connectivity index (χ0n) is 16.7. The maximum absolute atomic E-state index is 12.3. The summed E-state index contributed by atoms with van der Waals surface area (Å²) < 4.78 is 0. The molecule has 154 valence electrons. The summed E-state index contributed by atoms with van der Waals surface area (Å²) in [5.74, 6) is 0.335. The average molecular weight is 423 g/mol. The molecule has 1 aliphatic rings. The molecular weight excluding hydrogens is 400 g/mol. The summed E-state index contributed by atoms with van der Waals surface area (Å²) in [4.78, 5) is 33.3. The number of aromatic nitrogens is 4. The van der Waals surface area contributed by atoms with Gasteiger partial charge in [0, 0.05) is 34.3 Å². The highest BCUT2D eigenvalue weighted by Gasteiger charge is 2.26. The number of carbonyl (C=O) groups is 2. The molecule has 0 spiro atoms. The first-order valence-electron chi connectivity index (χ1n) is 9.68. The number of H-pyrrole nitrogens is 1. The Morgan fingerprint density at radius 3 is 2.37 bits per heavy atom. The van der Waals surface area contributed by atoms with Crippen LogP contribution in [-0.4, -0.2) is 32.0 Å². The average Bonchev–Trinajstić information content (AvgIpc) is 3.46. The van der Waals surface area contributed by atoms with E-state index in [0.29, 0.717) is 17.2 Å². The first kappa shape index (κ1) is 20.1. The Balaban J connectivity index is 1.28. The van der Waals surface area contributed by atoms with Crippen LogP contribution in [0.2, 0.25) is 0 Å². The minimum Gasteiger partial charge on any atom is -0.281 e. The van der Waals surface area contributed by atoms with Gasteiger partial charge in [-0.1, -0.05) is 23.9 Å². The molecule has 0 bridgehead atoms. The minimum absolute atomic E-state index is 0.262. The molecule has 2 amide bonds. The van der Waals surface area contributed by atoms with Gasteiger partial charge < -0.3 is 0 Å². The maximum atomic E-state index is 12.3. The van der Waals surface area contributed by atoms with E-state index in [2.05, 4.69) is 31.0 Å². The fraction of sp³-hybridized carbons (Fsp3) is 0.286. The molecule has 1 fully saturated rings. The van der Waals surface area contributed by atoms with Crippen LogP contribution in [-0.2, 0) is 5.75 Å². The van der Waals surface area contributed by atoms with Crippen molar-refractivity contribution in [3.8, 4) is 0 Å². The number of nitrogens with one attached hydrogen (secondary N) is 3. The molecule has 1 aromatic carbocycles. The number of nitrogens with zero attached hydrogens (tertiary/aromatic N) is 3. The summed E-state index contributed by atoms with van der Waals surface area (Å²) in [6.07, 6.45) is 2.23. The van der Waals surface area contributed by atoms with Crippen molar-refractivity contribution in [1.82, 2.24) is 31.0 Å². The number of benzene rings is 1. The third-order valence-corrected chi connectivity index (χ3v) is 5.60. The molecule has 0 unspecified atom stereocenters. The number of amides is 2. The van der Waals surface area contributed by atoms with E-state index in [0.717, 1.165) is 40.6 Å². The number of carbonyl (C=O) groups excluding carboxylic acids is 2. The van der Waals surface area contributed by atoms with Crippen molar-refractivity contribution in [1.29, 1.82) is 0 Å². The second-order valence-corrected chi connectivity index (χ2v) is 8.25. The van der Waals surface area contributed by atoms with Crippen molar-refractivity contribution in [3.63, 3.8) is 0 Å². The van der Waals surface area contributed by atoms with Crippen LogP contribution in [0.1, 0.15) is 62.3 Å². The zero-order chi connectivity index (χ0) is 21.1. The van der Waals surface area contributed by atoms with Gasteiger partial charge in [0.1, 0.15) is 0 Å². The number of aromatic amines is 1. The van der Waals surface area contributed by atoms with Crippen molar-refractivity contribution in [2.24, 2.45) is 0 Å². The summed E-state index contributed by atoms with van der Waals surface area (Å²) in [5.41, 5.74) is 9.43. The van der Waals surface area contributed by atoms with E-state index in [1.165, 1.54) is 0 Å². The van der Waals surface area contributed by atoms with Gasteiger partial charge in [-0.05, 0) is 56.5 Å². The first-order valence-corrected chi connectivity index (χ1v) is 10.7. The van der Waals surface area contributed by atoms with Gasteiger partial charge in [0.15, 0.2) is 10.9 Å². The topological polar surface area (TPSA) is 113 Å². The minimum atomic E-state index is -0.451. The number of hydrazine groups is 1. The van der Waals surface area contributed by atoms with Crippen LogP contribution in [0.5, 0.6) is 0 Å². The van der Waals surface area contributed by atoms with Gasteiger partial charge in [0.25, 0.3) is 11.8 Å². The molecule has 4 rings (SSSR count). The predicted octanol–water partition coefficient (Wildman–Crippen LogP) is 3.06. The van der Waals surface area contributed by atoms with E-state index in [-0.39, 0.29) is 5.69 Å². The van der Waals surface area contributed by atoms with Crippen LogP contribution in [0.3, 0.4) is 0 Å². The zero-order valence-corrected chi connectivity index (χ0v) is 17.5. The summed E-state index contributed by atoms with van der Waals surface area (Å²) in [5, 5.41) is 7.60. The fourth-order valence-electron chi connectivity index (χ4n) is 2.96. The number of rotatable bonds is 6. The molecular formula is C21H22N6O2S. The smallest absolute Gasteiger partial charge is 0.281 e. The molecule has 0 saturated heterocycles. The summed E-state index contributed by atoms with van der Waals surface area (Å²) in [6, 6.07) is 10.9. The molecule has 1 saturated carbocycles. The molecule has 1 aliphatic carbocycles. The van der Waals surface area contributed by atoms with E-state index in [4.69, 9.17) is 0 Å². The van der Waals surface area contributed by atoms with Crippen molar-refractivity contribution in [3.05, 3.63) is 70.3 Å². The van der Waals surface area contributed by atoms with Crippen molar-refractivity contribution in [2.75, 3.05) is 0 Å². The highest BCUT2D eigenvalue weighted by Crippen LogP contribution is 2.38. The molecule has 0 atom stereocenters. The van der Waals surface area contributed by atoms with Gasteiger partial charge in [-0.2, -0.15) is 5.10 Å². The lowest BCUT2D eigenvalue weighted by Gasteiger charge is -2.07. The molecule has 2 heterocycles. The lowest BCUT2D eigenvalue weighted by atomic mass is 10.1. The molecule has 0 radical (unpaired) electrons. The van der Waals surface area contributed by atoms with Gasteiger partial charge >= 0.3 is 0 Å². The van der Waals surface area contributed by atoms with Gasteiger partial charge in [-0.25, -0.2) is 9.97 Å². The van der Waals surface area contributed by atoms with Crippen molar-refractivity contribution in [2.45, 2.75) is 43.5 Å². The molecule has 9 heteroatoms. The van der Waals surface area contributed by atoms with Crippen LogP contribution in [0.15, 0.2) is 41.6 Å². The molecule has 30 heavy (non-hydrogen) atoms. The van der Waals surface area contributed by atoms with Crippen LogP contribution in [0, 0.1) is 13.8 Å². The van der Waals surface area contributed by atoms with E-state index in [1.54, 1.807) is 30.0 Å². The van der Waals surface area contributed by atoms with Crippen LogP contribution in [0.4, 0.5) is 0 Å². The van der Waals surface area contributed by atoms with Crippen LogP contribution in [0.25, 0.3) is 0 Å². The van der Waals surface area contributed by atoms with Crippen molar-refractivity contribution < 1.29 is 9.59 Å². The predicted molar refractivity (Wildman–Crippen MR) is 113 cm³/mol. The Kier molecular flexibility index (Phi) is 5.80. The van der Waals surface area contributed by atoms with Crippen molar-refractivity contribution >= 4 is 23.6 Å². The molecule has 3 aromatic rings. The highest BCUT2D eigenvalue weighted by atomic mass is 32.2. The molecule has 2 aromatic heterocycles. The van der Waals surface area contributed by atoms with Crippen LogP contribution >= 0.6 is 11.8 Å². The largest absolute Gasteiger partial charge is 0.290 e. The quantitative estimate of drug-likeness (QED) is 0.320. The second kappa shape index (κ2) is 8.66. The Hall–Kier alpha value is -3.20.